The Hall–Kier alpha value is -2.11. The highest BCUT2D eigenvalue weighted by Gasteiger charge is 2.00. The topological polar surface area (TPSA) is 4.10 Å². The normalized spacial score (nSPS) is 9.26. The van der Waals surface area contributed by atoms with Gasteiger partial charge in [-0.15, -0.1) is 0 Å². The van der Waals surface area contributed by atoms with E-state index in [1.807, 2.05) is 60.9 Å². The number of nitrogens with zero attached hydrogens (tertiary/aromatic N) is 1. The average Bonchev–Trinajstić information content (AvgIpc) is 2.46. The molecular weight excluding hydrogens is 298 g/mol. The molecule has 0 N–H and O–H groups in total. The van der Waals surface area contributed by atoms with Gasteiger partial charge in [-0.25, -0.2) is 0 Å². The van der Waals surface area contributed by atoms with Gasteiger partial charge in [-0.3, -0.25) is 0 Å². The summed E-state index contributed by atoms with van der Waals surface area (Å²) in [5, 5.41) is 0. The lowest BCUT2D eigenvalue weighted by Gasteiger charge is -1.91. The Labute approximate surface area is 123 Å². The molecule has 2 aromatic heterocycles. The van der Waals surface area contributed by atoms with Crippen LogP contribution in [-0.2, 0) is 0 Å². The van der Waals surface area contributed by atoms with Crippen LogP contribution in [0.3, 0.4) is 0 Å². The Morgan fingerprint density at radius 1 is 0.684 bits per heavy atom. The number of hydrogen-bond acceptors (Lipinski definition) is 0. The largest absolute Gasteiger partial charge is 1.00 e. The van der Waals surface area contributed by atoms with Gasteiger partial charge in [-0.05, 0) is 24.3 Å². The van der Waals surface area contributed by atoms with Gasteiger partial charge in [0, 0.05) is 23.8 Å². The number of fused-ring (bicyclic) bond motifs is 1. The third-order valence-corrected chi connectivity index (χ3v) is 2.76. The summed E-state index contributed by atoms with van der Waals surface area (Å²) in [5.74, 6) is 6.34. The van der Waals surface area contributed by atoms with E-state index in [0.29, 0.717) is 0 Å². The number of benzene rings is 1. The minimum atomic E-state index is 0. The molecule has 0 aliphatic heterocycles. The summed E-state index contributed by atoms with van der Waals surface area (Å²) in [5.41, 5.74) is 3.22. The smallest absolute Gasteiger partial charge is 0.210 e. The van der Waals surface area contributed by atoms with Crippen LogP contribution in [0.15, 0.2) is 73.1 Å². The van der Waals surface area contributed by atoms with E-state index in [1.165, 1.54) is 5.52 Å². The van der Waals surface area contributed by atoms with Crippen LogP contribution in [0.1, 0.15) is 11.1 Å². The highest BCUT2D eigenvalue weighted by atomic mass is 79.9. The molecule has 3 aromatic rings. The molecule has 0 saturated carbocycles. The zero-order valence-corrected chi connectivity index (χ0v) is 11.8. The SMILES string of the molecule is C(#Cc1ccc2cccc[n+]2c1)c1ccccc1.[Br-]. The fraction of sp³-hybridized carbons (Fsp3) is 0. The van der Waals surface area contributed by atoms with E-state index in [1.54, 1.807) is 0 Å². The fourth-order valence-corrected chi connectivity index (χ4v) is 1.84. The summed E-state index contributed by atoms with van der Waals surface area (Å²) in [6.45, 7) is 0. The number of rotatable bonds is 0. The molecular formula is C17H12BrN. The van der Waals surface area contributed by atoms with E-state index >= 15 is 0 Å². The summed E-state index contributed by atoms with van der Waals surface area (Å²) in [7, 11) is 0. The number of pyridine rings is 2. The van der Waals surface area contributed by atoms with Crippen LogP contribution >= 0.6 is 0 Å². The van der Waals surface area contributed by atoms with Crippen molar-refractivity contribution >= 4 is 5.52 Å². The van der Waals surface area contributed by atoms with Crippen LogP contribution in [0.4, 0.5) is 0 Å². The van der Waals surface area contributed by atoms with Crippen LogP contribution in [0.5, 0.6) is 0 Å². The highest BCUT2D eigenvalue weighted by Crippen LogP contribution is 2.00. The lowest BCUT2D eigenvalue weighted by atomic mass is 10.2. The fourth-order valence-electron chi connectivity index (χ4n) is 1.84. The molecule has 2 heterocycles. The molecule has 0 amide bonds. The molecule has 0 aliphatic rings. The molecule has 0 aliphatic carbocycles. The lowest BCUT2D eigenvalue weighted by molar-refractivity contribution is -0.512. The van der Waals surface area contributed by atoms with Crippen LogP contribution < -0.4 is 21.4 Å². The van der Waals surface area contributed by atoms with Gasteiger partial charge in [0.25, 0.3) is 0 Å². The van der Waals surface area contributed by atoms with E-state index in [4.69, 9.17) is 0 Å². The maximum absolute atomic E-state index is 3.18. The third kappa shape index (κ3) is 3.21. The Morgan fingerprint density at radius 3 is 2.26 bits per heavy atom. The maximum Gasteiger partial charge on any atom is 0.210 e. The van der Waals surface area contributed by atoms with Crippen molar-refractivity contribution in [2.45, 2.75) is 0 Å². The van der Waals surface area contributed by atoms with E-state index in [-0.39, 0.29) is 17.0 Å². The molecule has 1 aromatic carbocycles. The molecule has 0 radical (unpaired) electrons. The Kier molecular flexibility index (Phi) is 4.33. The predicted octanol–water partition coefficient (Wildman–Crippen LogP) is -0.171. The second-order valence-electron chi connectivity index (χ2n) is 4.07. The van der Waals surface area contributed by atoms with Gasteiger partial charge in [0.05, 0.1) is 5.56 Å². The van der Waals surface area contributed by atoms with Crippen molar-refractivity contribution in [3.05, 3.63) is 84.2 Å². The first-order valence-corrected chi connectivity index (χ1v) is 5.89. The van der Waals surface area contributed by atoms with Crippen LogP contribution in [0, 0.1) is 11.8 Å². The van der Waals surface area contributed by atoms with Crippen LogP contribution in [0.25, 0.3) is 5.52 Å². The van der Waals surface area contributed by atoms with Crippen molar-refractivity contribution in [2.24, 2.45) is 0 Å². The molecule has 0 fully saturated rings. The van der Waals surface area contributed by atoms with Gasteiger partial charge < -0.3 is 17.0 Å². The first-order valence-electron chi connectivity index (χ1n) is 5.89. The van der Waals surface area contributed by atoms with Crippen molar-refractivity contribution in [3.63, 3.8) is 0 Å². The number of hydrogen-bond donors (Lipinski definition) is 0. The van der Waals surface area contributed by atoms with Gasteiger partial charge in [0.15, 0.2) is 12.4 Å². The molecule has 92 valence electrons. The van der Waals surface area contributed by atoms with Gasteiger partial charge in [-0.1, -0.05) is 30.0 Å². The first-order chi connectivity index (χ1) is 8.92. The summed E-state index contributed by atoms with van der Waals surface area (Å²) in [6.07, 6.45) is 4.08. The van der Waals surface area contributed by atoms with Crippen molar-refractivity contribution in [3.8, 4) is 11.8 Å². The Bertz CT molecular complexity index is 739. The Balaban J connectivity index is 0.00000133. The molecule has 3 rings (SSSR count). The number of halogens is 1. The van der Waals surface area contributed by atoms with Gasteiger partial charge in [-0.2, -0.15) is 4.40 Å². The average molecular weight is 310 g/mol. The van der Waals surface area contributed by atoms with E-state index in [9.17, 15) is 0 Å². The predicted molar refractivity (Wildman–Crippen MR) is 72.0 cm³/mol. The minimum Gasteiger partial charge on any atom is -1.00 e. The quantitative estimate of drug-likeness (QED) is 0.401. The zero-order chi connectivity index (χ0) is 12.2. The first kappa shape index (κ1) is 13.3. The van der Waals surface area contributed by atoms with Crippen LogP contribution in [0.2, 0.25) is 0 Å². The molecule has 19 heavy (non-hydrogen) atoms. The van der Waals surface area contributed by atoms with Crippen LogP contribution in [-0.4, -0.2) is 0 Å². The summed E-state index contributed by atoms with van der Waals surface area (Å²) < 4.78 is 2.08. The third-order valence-electron chi connectivity index (χ3n) is 2.76. The second-order valence-corrected chi connectivity index (χ2v) is 4.07. The van der Waals surface area contributed by atoms with Gasteiger partial charge >= 0.3 is 0 Å². The van der Waals surface area contributed by atoms with Crippen molar-refractivity contribution < 1.29 is 21.4 Å². The molecule has 0 bridgehead atoms. The van der Waals surface area contributed by atoms with Crippen molar-refractivity contribution in [1.29, 1.82) is 0 Å². The van der Waals surface area contributed by atoms with Crippen molar-refractivity contribution in [2.75, 3.05) is 0 Å². The standard InChI is InChI=1S/C17H12N.BrH/c1-2-6-15(7-3-1)9-10-16-11-12-17-8-4-5-13-18(17)14-16;/h1-8,11-14H;1H/q+1;/p-1. The molecule has 2 heteroatoms. The van der Waals surface area contributed by atoms with Gasteiger partial charge in [0.1, 0.15) is 0 Å². The molecule has 0 atom stereocenters. The van der Waals surface area contributed by atoms with Crippen molar-refractivity contribution in [1.82, 2.24) is 0 Å². The monoisotopic (exact) mass is 309 g/mol. The summed E-state index contributed by atoms with van der Waals surface area (Å²) in [4.78, 5) is 0. The maximum atomic E-state index is 3.18. The summed E-state index contributed by atoms with van der Waals surface area (Å²) >= 11 is 0. The van der Waals surface area contributed by atoms with E-state index in [2.05, 4.69) is 28.4 Å². The highest BCUT2D eigenvalue weighted by molar-refractivity contribution is 5.45. The molecule has 0 saturated heterocycles. The molecule has 1 nitrogen and oxygen atoms in total. The number of aromatic nitrogens is 1. The molecule has 0 spiro atoms. The zero-order valence-electron chi connectivity index (χ0n) is 10.3. The lowest BCUT2D eigenvalue weighted by Crippen LogP contribution is -3.00. The second kappa shape index (κ2) is 6.17. The van der Waals surface area contributed by atoms with E-state index in [0.717, 1.165) is 11.1 Å². The minimum absolute atomic E-state index is 0. The molecule has 0 unspecified atom stereocenters. The van der Waals surface area contributed by atoms with Gasteiger partial charge in [0.2, 0.25) is 5.52 Å². The summed E-state index contributed by atoms with van der Waals surface area (Å²) in [6, 6.07) is 20.3. The Morgan fingerprint density at radius 2 is 1.42 bits per heavy atom. The van der Waals surface area contributed by atoms with E-state index < -0.39 is 0 Å².